The van der Waals surface area contributed by atoms with Crippen LogP contribution in [0.25, 0.3) is 0 Å². The molecule has 29 heavy (non-hydrogen) atoms. The second-order valence-electron chi connectivity index (χ2n) is 7.62. The fourth-order valence-corrected chi connectivity index (χ4v) is 4.10. The molecular formula is C22H24N4O3. The first-order valence-electron chi connectivity index (χ1n) is 9.66. The number of allylic oxidation sites excluding steroid dienone is 3. The minimum atomic E-state index is -1.20. The number of nitrogen functional groups attached to an aromatic ring is 1. The Bertz CT molecular complexity index is 981. The predicted octanol–water partition coefficient (Wildman–Crippen LogP) is 3.10. The van der Waals surface area contributed by atoms with Crippen molar-refractivity contribution in [1.82, 2.24) is 14.5 Å². The second-order valence-corrected chi connectivity index (χ2v) is 7.62. The van der Waals surface area contributed by atoms with Crippen LogP contribution in [0.1, 0.15) is 25.8 Å². The second kappa shape index (κ2) is 7.24. The topological polar surface area (TPSA) is 90.5 Å². The van der Waals surface area contributed by atoms with Crippen LogP contribution in [0.3, 0.4) is 0 Å². The van der Waals surface area contributed by atoms with Gasteiger partial charge in [-0.1, -0.05) is 54.6 Å². The lowest BCUT2D eigenvalue weighted by molar-refractivity contribution is -0.136. The van der Waals surface area contributed by atoms with Gasteiger partial charge in [0.05, 0.1) is 12.4 Å². The summed E-state index contributed by atoms with van der Waals surface area (Å²) in [7, 11) is 0. The normalized spacial score (nSPS) is 25.7. The summed E-state index contributed by atoms with van der Waals surface area (Å²) in [6.07, 6.45) is 10.9. The number of aromatic nitrogens is 2. The number of carbonyl (C=O) groups is 2. The highest BCUT2D eigenvalue weighted by molar-refractivity contribution is 5.99. The molecule has 7 nitrogen and oxygen atoms in total. The standard InChI is InChI=1S/C22H24N4O3/c1-15-19(16-9-5-3-6-10-16)29-21(28)26(15)20(27)22(2,17-11-7-4-8-12-17)25-13-18(23)24-14-25/h3-9,11-16,19H,10,23H2,1-2H3/t15-,16?,19-,22?/m1/s1. The van der Waals surface area contributed by atoms with Gasteiger partial charge in [0.1, 0.15) is 17.5 Å². The van der Waals surface area contributed by atoms with E-state index >= 15 is 0 Å². The predicted molar refractivity (Wildman–Crippen MR) is 109 cm³/mol. The quantitative estimate of drug-likeness (QED) is 0.863. The molecule has 1 aromatic carbocycles. The summed E-state index contributed by atoms with van der Waals surface area (Å²) in [4.78, 5) is 31.9. The van der Waals surface area contributed by atoms with Crippen molar-refractivity contribution in [3.8, 4) is 0 Å². The molecule has 7 heteroatoms. The molecule has 4 atom stereocenters. The third-order valence-corrected chi connectivity index (χ3v) is 5.84. The number of rotatable bonds is 4. The molecule has 1 aliphatic heterocycles. The van der Waals surface area contributed by atoms with Crippen molar-refractivity contribution in [3.63, 3.8) is 0 Å². The number of anilines is 1. The number of nitrogens with two attached hydrogens (primary N) is 1. The van der Waals surface area contributed by atoms with Gasteiger partial charge in [-0.05, 0) is 25.8 Å². The van der Waals surface area contributed by atoms with Gasteiger partial charge in [0.15, 0.2) is 0 Å². The van der Waals surface area contributed by atoms with E-state index in [9.17, 15) is 9.59 Å². The Morgan fingerprint density at radius 3 is 2.66 bits per heavy atom. The molecule has 0 spiro atoms. The summed E-state index contributed by atoms with van der Waals surface area (Å²) in [6.45, 7) is 3.62. The van der Waals surface area contributed by atoms with Crippen molar-refractivity contribution in [1.29, 1.82) is 0 Å². The van der Waals surface area contributed by atoms with Crippen LogP contribution in [0.15, 0.2) is 67.2 Å². The molecule has 2 N–H and O–H groups in total. The van der Waals surface area contributed by atoms with Gasteiger partial charge < -0.3 is 15.0 Å². The van der Waals surface area contributed by atoms with Crippen LogP contribution in [0.5, 0.6) is 0 Å². The van der Waals surface area contributed by atoms with E-state index < -0.39 is 17.7 Å². The molecule has 4 rings (SSSR count). The number of hydrogen-bond donors (Lipinski definition) is 1. The zero-order valence-corrected chi connectivity index (χ0v) is 16.4. The van der Waals surface area contributed by atoms with Crippen LogP contribution in [0, 0.1) is 5.92 Å². The van der Waals surface area contributed by atoms with Gasteiger partial charge in [-0.15, -0.1) is 0 Å². The average molecular weight is 392 g/mol. The van der Waals surface area contributed by atoms with Crippen LogP contribution in [0.4, 0.5) is 10.6 Å². The fourth-order valence-electron chi connectivity index (χ4n) is 4.10. The molecule has 0 saturated carbocycles. The lowest BCUT2D eigenvalue weighted by Gasteiger charge is -2.34. The smallest absolute Gasteiger partial charge is 0.417 e. The van der Waals surface area contributed by atoms with Gasteiger partial charge in [0.25, 0.3) is 5.91 Å². The molecule has 2 unspecified atom stereocenters. The van der Waals surface area contributed by atoms with Crippen molar-refractivity contribution in [3.05, 3.63) is 72.7 Å². The van der Waals surface area contributed by atoms with E-state index in [0.717, 1.165) is 12.0 Å². The third kappa shape index (κ3) is 3.12. The van der Waals surface area contributed by atoms with Gasteiger partial charge in [-0.2, -0.15) is 0 Å². The molecule has 1 aliphatic carbocycles. The molecule has 1 aromatic heterocycles. The number of cyclic esters (lactones) is 1. The van der Waals surface area contributed by atoms with Crippen LogP contribution in [-0.2, 0) is 15.1 Å². The summed E-state index contributed by atoms with van der Waals surface area (Å²) < 4.78 is 7.30. The van der Waals surface area contributed by atoms with Crippen LogP contribution >= 0.6 is 0 Å². The van der Waals surface area contributed by atoms with Gasteiger partial charge in [0.2, 0.25) is 0 Å². The minimum Gasteiger partial charge on any atom is -0.443 e. The summed E-state index contributed by atoms with van der Waals surface area (Å²) in [6, 6.07) is 8.89. The van der Waals surface area contributed by atoms with Crippen molar-refractivity contribution >= 4 is 17.8 Å². The summed E-state index contributed by atoms with van der Waals surface area (Å²) >= 11 is 0. The van der Waals surface area contributed by atoms with E-state index in [4.69, 9.17) is 10.5 Å². The fraction of sp³-hybridized carbons (Fsp3) is 0.318. The molecule has 1 fully saturated rings. The maximum Gasteiger partial charge on any atom is 0.417 e. The Hall–Kier alpha value is -3.35. The first-order valence-corrected chi connectivity index (χ1v) is 9.66. The van der Waals surface area contributed by atoms with E-state index in [2.05, 4.69) is 4.98 Å². The Kier molecular flexibility index (Phi) is 4.74. The lowest BCUT2D eigenvalue weighted by atomic mass is 9.87. The van der Waals surface area contributed by atoms with E-state index in [1.165, 1.54) is 11.2 Å². The molecule has 0 bridgehead atoms. The summed E-state index contributed by atoms with van der Waals surface area (Å²) in [5.41, 5.74) is 5.35. The molecule has 2 amide bonds. The Balaban J connectivity index is 1.72. The molecule has 1 saturated heterocycles. The van der Waals surface area contributed by atoms with Crippen LogP contribution < -0.4 is 5.73 Å². The van der Waals surface area contributed by atoms with E-state index in [1.54, 1.807) is 17.7 Å². The Labute approximate surface area is 169 Å². The SMILES string of the molecule is C[C@@H]1[C@H](C2C=CC=CC2)OC(=O)N1C(=O)C(C)(c1ccccc1)n1cnc(N)c1. The number of amides is 2. The maximum absolute atomic E-state index is 13.8. The Morgan fingerprint density at radius 2 is 2.03 bits per heavy atom. The van der Waals surface area contributed by atoms with E-state index in [-0.39, 0.29) is 17.9 Å². The highest BCUT2D eigenvalue weighted by atomic mass is 16.6. The molecule has 2 aromatic rings. The van der Waals surface area contributed by atoms with Gasteiger partial charge in [0, 0.05) is 12.1 Å². The lowest BCUT2D eigenvalue weighted by Crippen LogP contribution is -2.52. The maximum atomic E-state index is 13.8. The van der Waals surface area contributed by atoms with E-state index in [0.29, 0.717) is 5.82 Å². The van der Waals surface area contributed by atoms with Crippen molar-refractivity contribution < 1.29 is 14.3 Å². The highest BCUT2D eigenvalue weighted by Gasteiger charge is 2.51. The average Bonchev–Trinajstić information content (AvgIpc) is 3.31. The zero-order chi connectivity index (χ0) is 20.6. The number of benzene rings is 1. The third-order valence-electron chi connectivity index (χ3n) is 5.84. The largest absolute Gasteiger partial charge is 0.443 e. The number of nitrogens with zero attached hydrogens (tertiary/aromatic N) is 3. The number of carbonyl (C=O) groups excluding carboxylic acids is 2. The van der Waals surface area contributed by atoms with Crippen molar-refractivity contribution in [2.24, 2.45) is 5.92 Å². The monoisotopic (exact) mass is 392 g/mol. The molecule has 2 heterocycles. The first-order chi connectivity index (χ1) is 13.9. The summed E-state index contributed by atoms with van der Waals surface area (Å²) in [5, 5.41) is 0. The molecule has 150 valence electrons. The molecule has 0 radical (unpaired) electrons. The summed E-state index contributed by atoms with van der Waals surface area (Å²) in [5.74, 6) is -0.0333. The molecule has 2 aliphatic rings. The van der Waals surface area contributed by atoms with Crippen LogP contribution in [-0.4, -0.2) is 38.6 Å². The van der Waals surface area contributed by atoms with E-state index in [1.807, 2.05) is 61.6 Å². The van der Waals surface area contributed by atoms with Gasteiger partial charge >= 0.3 is 6.09 Å². The van der Waals surface area contributed by atoms with Gasteiger partial charge in [-0.25, -0.2) is 14.7 Å². The number of ether oxygens (including phenoxy) is 1. The number of imide groups is 1. The van der Waals surface area contributed by atoms with Crippen molar-refractivity contribution in [2.45, 2.75) is 38.0 Å². The Morgan fingerprint density at radius 1 is 1.28 bits per heavy atom. The number of imidazole rings is 1. The van der Waals surface area contributed by atoms with Crippen molar-refractivity contribution in [2.75, 3.05) is 5.73 Å². The van der Waals surface area contributed by atoms with Gasteiger partial charge in [-0.3, -0.25) is 4.79 Å². The minimum absolute atomic E-state index is 0.0450. The zero-order valence-electron chi connectivity index (χ0n) is 16.4. The number of hydrogen-bond acceptors (Lipinski definition) is 5. The highest BCUT2D eigenvalue weighted by Crippen LogP contribution is 2.35. The first kappa shape index (κ1) is 19.0. The van der Waals surface area contributed by atoms with Crippen LogP contribution in [0.2, 0.25) is 0 Å². The molecular weight excluding hydrogens is 368 g/mol.